The van der Waals surface area contributed by atoms with E-state index in [1.54, 1.807) is 24.5 Å². The zero-order valence-corrected chi connectivity index (χ0v) is 6.25. The van der Waals surface area contributed by atoms with Crippen LogP contribution in [0.5, 0.6) is 0 Å². The van der Waals surface area contributed by atoms with Crippen LogP contribution < -0.4 is 0 Å². The summed E-state index contributed by atoms with van der Waals surface area (Å²) in [6, 6.07) is 7.96. The maximum absolute atomic E-state index is 12.5. The van der Waals surface area contributed by atoms with Crippen LogP contribution in [0.25, 0.3) is 11.1 Å². The van der Waals surface area contributed by atoms with Gasteiger partial charge in [0.15, 0.2) is 6.26 Å². The fraction of sp³-hybridized carbons (Fsp3) is 0. The number of benzene rings is 1. The van der Waals surface area contributed by atoms with Crippen molar-refractivity contribution in [2.45, 2.75) is 0 Å². The van der Waals surface area contributed by atoms with Crippen molar-refractivity contribution >= 4 is 0 Å². The highest BCUT2D eigenvalue weighted by Gasteiger charge is 1.97. The summed E-state index contributed by atoms with van der Waals surface area (Å²) in [5.41, 5.74) is 1.84. The van der Waals surface area contributed by atoms with Crippen LogP contribution in [0.3, 0.4) is 0 Å². The highest BCUT2D eigenvalue weighted by molar-refractivity contribution is 5.61. The highest BCUT2D eigenvalue weighted by atomic mass is 19.1. The predicted molar refractivity (Wildman–Crippen MR) is 42.9 cm³/mol. The summed E-state index contributed by atoms with van der Waals surface area (Å²) in [4.78, 5) is 0. The van der Waals surface area contributed by atoms with Crippen LogP contribution in [-0.2, 0) is 0 Å². The van der Waals surface area contributed by atoms with Gasteiger partial charge in [0.05, 0.1) is 6.26 Å². The van der Waals surface area contributed by atoms with E-state index in [1.165, 1.54) is 12.1 Å². The molecule has 0 unspecified atom stereocenters. The normalized spacial score (nSPS) is 10.1. The average Bonchev–Trinajstić information content (AvgIpc) is 2.58. The molecule has 1 aromatic heterocycles. The van der Waals surface area contributed by atoms with Crippen LogP contribution >= 0.6 is 0 Å². The number of halogens is 1. The van der Waals surface area contributed by atoms with Gasteiger partial charge in [0, 0.05) is 5.56 Å². The Balaban J connectivity index is 2.43. The summed E-state index contributed by atoms with van der Waals surface area (Å²) in [5, 5.41) is 0. The molecule has 0 spiro atoms. The fourth-order valence-corrected chi connectivity index (χ4v) is 1.02. The Labute approximate surface area is 69.4 Å². The van der Waals surface area contributed by atoms with Gasteiger partial charge in [0.25, 0.3) is 0 Å². The van der Waals surface area contributed by atoms with Gasteiger partial charge in [-0.1, -0.05) is 12.1 Å². The van der Waals surface area contributed by atoms with Crippen LogP contribution in [0.4, 0.5) is 4.39 Å². The van der Waals surface area contributed by atoms with Gasteiger partial charge in [-0.15, -0.1) is 0 Å². The monoisotopic (exact) mass is 161 g/mol. The van der Waals surface area contributed by atoms with Crippen molar-refractivity contribution < 1.29 is 8.81 Å². The molecule has 1 radical (unpaired) electrons. The Morgan fingerprint density at radius 3 is 2.42 bits per heavy atom. The smallest absolute Gasteiger partial charge is 0.169 e. The zero-order valence-electron chi connectivity index (χ0n) is 6.25. The minimum atomic E-state index is -0.230. The molecular formula is C10H6FO. The first-order valence-electron chi connectivity index (χ1n) is 3.57. The Kier molecular flexibility index (Phi) is 1.67. The molecule has 2 heteroatoms. The van der Waals surface area contributed by atoms with E-state index in [4.69, 9.17) is 4.42 Å². The lowest BCUT2D eigenvalue weighted by atomic mass is 10.1. The lowest BCUT2D eigenvalue weighted by molar-refractivity contribution is 0.559. The van der Waals surface area contributed by atoms with Crippen molar-refractivity contribution in [3.8, 4) is 11.1 Å². The summed E-state index contributed by atoms with van der Waals surface area (Å²) in [7, 11) is 0. The minimum absolute atomic E-state index is 0.230. The Morgan fingerprint density at radius 1 is 1.08 bits per heavy atom. The van der Waals surface area contributed by atoms with Crippen LogP contribution in [0, 0.1) is 12.1 Å². The molecule has 0 atom stereocenters. The minimum Gasteiger partial charge on any atom is -0.460 e. The Bertz CT molecular complexity index is 348. The maximum atomic E-state index is 12.5. The molecule has 0 N–H and O–H groups in total. The molecule has 0 amide bonds. The number of hydrogen-bond donors (Lipinski definition) is 0. The van der Waals surface area contributed by atoms with Crippen molar-refractivity contribution in [3.63, 3.8) is 0 Å². The molecule has 2 aromatic rings. The van der Waals surface area contributed by atoms with Gasteiger partial charge in [-0.25, -0.2) is 4.39 Å². The van der Waals surface area contributed by atoms with Crippen molar-refractivity contribution in [1.29, 1.82) is 0 Å². The molecule has 0 saturated carbocycles. The SMILES string of the molecule is Fc1ccc(-c2c[c]oc2)cc1. The van der Waals surface area contributed by atoms with Crippen molar-refractivity contribution in [2.24, 2.45) is 0 Å². The van der Waals surface area contributed by atoms with Crippen molar-refractivity contribution in [1.82, 2.24) is 0 Å². The van der Waals surface area contributed by atoms with Crippen molar-refractivity contribution in [3.05, 3.63) is 48.7 Å². The second-order valence-corrected chi connectivity index (χ2v) is 2.46. The zero-order chi connectivity index (χ0) is 8.39. The number of hydrogen-bond acceptors (Lipinski definition) is 1. The lowest BCUT2D eigenvalue weighted by Gasteiger charge is -1.94. The molecule has 1 nitrogen and oxygen atoms in total. The van der Waals surface area contributed by atoms with Gasteiger partial charge in [-0.3, -0.25) is 0 Å². The lowest BCUT2D eigenvalue weighted by Crippen LogP contribution is -1.74. The molecule has 0 aliphatic carbocycles. The summed E-state index contributed by atoms with van der Waals surface area (Å²) in [5.74, 6) is -0.230. The van der Waals surface area contributed by atoms with E-state index in [-0.39, 0.29) is 5.82 Å². The standard InChI is InChI=1S/C10H6FO/c11-10-3-1-8(2-4-10)9-5-6-12-7-9/h1-5,7H. The number of furan rings is 1. The van der Waals surface area contributed by atoms with Gasteiger partial charge in [-0.2, -0.15) is 0 Å². The van der Waals surface area contributed by atoms with Gasteiger partial charge >= 0.3 is 0 Å². The maximum Gasteiger partial charge on any atom is 0.169 e. The molecule has 0 fully saturated rings. The second-order valence-electron chi connectivity index (χ2n) is 2.46. The molecule has 12 heavy (non-hydrogen) atoms. The molecule has 0 saturated heterocycles. The van der Waals surface area contributed by atoms with E-state index < -0.39 is 0 Å². The van der Waals surface area contributed by atoms with Gasteiger partial charge < -0.3 is 4.42 Å². The molecule has 0 aliphatic rings. The van der Waals surface area contributed by atoms with Crippen LogP contribution in [-0.4, -0.2) is 0 Å². The third-order valence-corrected chi connectivity index (χ3v) is 1.65. The van der Waals surface area contributed by atoms with Crippen molar-refractivity contribution in [2.75, 3.05) is 0 Å². The molecule has 0 bridgehead atoms. The fourth-order valence-electron chi connectivity index (χ4n) is 1.02. The van der Waals surface area contributed by atoms with Crippen LogP contribution in [0.15, 0.2) is 41.0 Å². The highest BCUT2D eigenvalue weighted by Crippen LogP contribution is 2.18. The van der Waals surface area contributed by atoms with E-state index in [0.717, 1.165) is 11.1 Å². The molecular weight excluding hydrogens is 155 g/mol. The first-order chi connectivity index (χ1) is 5.86. The van der Waals surface area contributed by atoms with E-state index in [0.29, 0.717) is 0 Å². The van der Waals surface area contributed by atoms with E-state index in [1.807, 2.05) is 0 Å². The summed E-state index contributed by atoms with van der Waals surface area (Å²) >= 11 is 0. The summed E-state index contributed by atoms with van der Waals surface area (Å²) < 4.78 is 17.3. The largest absolute Gasteiger partial charge is 0.460 e. The third kappa shape index (κ3) is 1.23. The quantitative estimate of drug-likeness (QED) is 0.626. The van der Waals surface area contributed by atoms with Gasteiger partial charge in [0.1, 0.15) is 5.82 Å². The van der Waals surface area contributed by atoms with Gasteiger partial charge in [-0.05, 0) is 23.8 Å². The van der Waals surface area contributed by atoms with Crippen LogP contribution in [0.1, 0.15) is 0 Å². The molecule has 59 valence electrons. The molecule has 1 aromatic carbocycles. The number of rotatable bonds is 1. The molecule has 1 heterocycles. The molecule has 0 aliphatic heterocycles. The summed E-state index contributed by atoms with van der Waals surface area (Å²) in [6.45, 7) is 0. The average molecular weight is 161 g/mol. The summed E-state index contributed by atoms with van der Waals surface area (Å²) in [6.07, 6.45) is 4.15. The predicted octanol–water partition coefficient (Wildman–Crippen LogP) is 2.89. The van der Waals surface area contributed by atoms with Gasteiger partial charge in [0.2, 0.25) is 0 Å². The second kappa shape index (κ2) is 2.81. The van der Waals surface area contributed by atoms with E-state index >= 15 is 0 Å². The first kappa shape index (κ1) is 7.10. The topological polar surface area (TPSA) is 13.1 Å². The van der Waals surface area contributed by atoms with E-state index in [2.05, 4.69) is 6.26 Å². The van der Waals surface area contributed by atoms with E-state index in [9.17, 15) is 4.39 Å². The Morgan fingerprint density at radius 2 is 1.83 bits per heavy atom. The Hall–Kier alpha value is -1.57. The third-order valence-electron chi connectivity index (χ3n) is 1.65. The molecule has 2 rings (SSSR count). The van der Waals surface area contributed by atoms with Crippen LogP contribution in [0.2, 0.25) is 0 Å². The first-order valence-corrected chi connectivity index (χ1v) is 3.57.